The maximum atomic E-state index is 12.2. The van der Waals surface area contributed by atoms with E-state index in [-0.39, 0.29) is 17.5 Å². The van der Waals surface area contributed by atoms with Gasteiger partial charge >= 0.3 is 6.03 Å². The van der Waals surface area contributed by atoms with Crippen molar-refractivity contribution in [1.82, 2.24) is 15.5 Å². The van der Waals surface area contributed by atoms with E-state index < -0.39 is 0 Å². The molecule has 0 unspecified atom stereocenters. The molecule has 1 aromatic rings. The number of nitrogens with one attached hydrogen (secondary N) is 2. The van der Waals surface area contributed by atoms with Crippen LogP contribution in [0, 0.1) is 11.3 Å². The van der Waals surface area contributed by atoms with Crippen LogP contribution in [0.4, 0.5) is 10.6 Å². The molecule has 112 valence electrons. The molecule has 1 spiro atoms. The summed E-state index contributed by atoms with van der Waals surface area (Å²) in [5.74, 6) is 0.963. The summed E-state index contributed by atoms with van der Waals surface area (Å²) in [5.41, 5.74) is 0.181. The van der Waals surface area contributed by atoms with Crippen molar-refractivity contribution in [3.63, 3.8) is 0 Å². The second kappa shape index (κ2) is 4.94. The number of aromatic nitrogens is 2. The van der Waals surface area contributed by atoms with Crippen LogP contribution in [0.25, 0.3) is 0 Å². The molecule has 2 amide bonds. The standard InChI is InChI=1S/C15H20N4O2/c20-14(17-11-4-3-8-16-19-11)18-12-10-5-9-21-13(10)15(12)6-1-2-7-15/h3-4,8,10,12-13H,1-2,5-7,9H2,(H2,17,18,19,20)/t10-,12-,13-/m1/s1. The number of hydrogen-bond donors (Lipinski definition) is 2. The molecule has 2 heterocycles. The van der Waals surface area contributed by atoms with Crippen molar-refractivity contribution in [3.8, 4) is 0 Å². The third-order valence-corrected chi connectivity index (χ3v) is 5.39. The summed E-state index contributed by atoms with van der Waals surface area (Å²) in [5, 5.41) is 13.6. The molecular weight excluding hydrogens is 268 g/mol. The minimum Gasteiger partial charge on any atom is -0.377 e. The summed E-state index contributed by atoms with van der Waals surface area (Å²) in [7, 11) is 0. The second-order valence-electron chi connectivity index (χ2n) is 6.37. The van der Waals surface area contributed by atoms with Gasteiger partial charge in [-0.15, -0.1) is 5.10 Å². The number of nitrogens with zero attached hydrogens (tertiary/aromatic N) is 2. The summed E-state index contributed by atoms with van der Waals surface area (Å²) in [6.45, 7) is 0.834. The maximum Gasteiger partial charge on any atom is 0.320 e. The number of carbonyl (C=O) groups is 1. The highest BCUT2D eigenvalue weighted by atomic mass is 16.5. The van der Waals surface area contributed by atoms with Crippen molar-refractivity contribution in [3.05, 3.63) is 18.3 Å². The zero-order valence-corrected chi connectivity index (χ0v) is 11.9. The van der Waals surface area contributed by atoms with E-state index in [9.17, 15) is 4.79 Å². The topological polar surface area (TPSA) is 76.1 Å². The molecule has 6 nitrogen and oxygen atoms in total. The van der Waals surface area contributed by atoms with Gasteiger partial charge in [0.05, 0.1) is 6.10 Å². The molecular formula is C15H20N4O2. The molecule has 3 atom stereocenters. The molecule has 0 radical (unpaired) electrons. The van der Waals surface area contributed by atoms with Crippen LogP contribution in [0.15, 0.2) is 18.3 Å². The van der Waals surface area contributed by atoms with E-state index in [2.05, 4.69) is 20.8 Å². The predicted octanol–water partition coefficient (Wildman–Crippen LogP) is 1.95. The molecule has 2 saturated carbocycles. The van der Waals surface area contributed by atoms with Crippen molar-refractivity contribution in [2.75, 3.05) is 11.9 Å². The molecule has 4 rings (SSSR count). The first kappa shape index (κ1) is 13.0. The third-order valence-electron chi connectivity index (χ3n) is 5.39. The lowest BCUT2D eigenvalue weighted by molar-refractivity contribution is -0.125. The average molecular weight is 288 g/mol. The highest BCUT2D eigenvalue weighted by Crippen LogP contribution is 2.60. The molecule has 2 aliphatic carbocycles. The summed E-state index contributed by atoms with van der Waals surface area (Å²) in [6.07, 6.45) is 7.84. The summed E-state index contributed by atoms with van der Waals surface area (Å²) in [6, 6.07) is 3.55. The third kappa shape index (κ3) is 2.00. The van der Waals surface area contributed by atoms with Crippen LogP contribution >= 0.6 is 0 Å². The van der Waals surface area contributed by atoms with E-state index in [1.807, 2.05) is 0 Å². The van der Waals surface area contributed by atoms with E-state index in [4.69, 9.17) is 4.74 Å². The quantitative estimate of drug-likeness (QED) is 0.872. The predicted molar refractivity (Wildman–Crippen MR) is 76.7 cm³/mol. The number of urea groups is 1. The summed E-state index contributed by atoms with van der Waals surface area (Å²) in [4.78, 5) is 12.2. The largest absolute Gasteiger partial charge is 0.377 e. The lowest BCUT2D eigenvalue weighted by atomic mass is 9.54. The minimum atomic E-state index is -0.183. The molecule has 0 bridgehead atoms. The van der Waals surface area contributed by atoms with E-state index in [0.29, 0.717) is 17.8 Å². The van der Waals surface area contributed by atoms with Crippen molar-refractivity contribution < 1.29 is 9.53 Å². The molecule has 3 aliphatic rings. The van der Waals surface area contributed by atoms with Gasteiger partial charge in [0, 0.05) is 30.2 Å². The van der Waals surface area contributed by atoms with E-state index in [1.54, 1.807) is 18.3 Å². The first-order valence-electron chi connectivity index (χ1n) is 7.76. The lowest BCUT2D eigenvalue weighted by Crippen LogP contribution is -2.68. The van der Waals surface area contributed by atoms with Gasteiger partial charge in [0.2, 0.25) is 0 Å². The Bertz CT molecular complexity index is 530. The van der Waals surface area contributed by atoms with Crippen LogP contribution in [0.2, 0.25) is 0 Å². The SMILES string of the molecule is O=C(Nc1cccnn1)N[C@@H]1[C@H]2CCO[C@H]2C12CCCC2. The van der Waals surface area contributed by atoms with Crippen LogP contribution in [0.1, 0.15) is 32.1 Å². The molecule has 3 fully saturated rings. The van der Waals surface area contributed by atoms with Crippen molar-refractivity contribution >= 4 is 11.8 Å². The fourth-order valence-electron chi connectivity index (χ4n) is 4.57. The fourth-order valence-corrected chi connectivity index (χ4v) is 4.57. The van der Waals surface area contributed by atoms with Crippen LogP contribution in [-0.2, 0) is 4.74 Å². The highest BCUT2D eigenvalue weighted by Gasteiger charge is 2.65. The number of amides is 2. The van der Waals surface area contributed by atoms with E-state index in [0.717, 1.165) is 13.0 Å². The molecule has 21 heavy (non-hydrogen) atoms. The maximum absolute atomic E-state index is 12.2. The minimum absolute atomic E-state index is 0.181. The zero-order valence-electron chi connectivity index (χ0n) is 11.9. The zero-order chi connectivity index (χ0) is 14.3. The van der Waals surface area contributed by atoms with E-state index in [1.165, 1.54) is 25.7 Å². The highest BCUT2D eigenvalue weighted by molar-refractivity contribution is 5.88. The molecule has 2 N–H and O–H groups in total. The number of ether oxygens (including phenoxy) is 1. The summed E-state index contributed by atoms with van der Waals surface area (Å²) >= 11 is 0. The van der Waals surface area contributed by atoms with Gasteiger partial charge in [-0.05, 0) is 31.4 Å². The Labute approximate surface area is 123 Å². The Morgan fingerprint density at radius 1 is 1.38 bits per heavy atom. The Morgan fingerprint density at radius 3 is 3.00 bits per heavy atom. The number of carbonyl (C=O) groups excluding carboxylic acids is 1. The van der Waals surface area contributed by atoms with Crippen molar-refractivity contribution in [2.24, 2.45) is 11.3 Å². The van der Waals surface area contributed by atoms with Gasteiger partial charge in [0.1, 0.15) is 0 Å². The van der Waals surface area contributed by atoms with Crippen LogP contribution in [0.5, 0.6) is 0 Å². The number of anilines is 1. The lowest BCUT2D eigenvalue weighted by Gasteiger charge is -2.56. The van der Waals surface area contributed by atoms with Crippen LogP contribution in [0.3, 0.4) is 0 Å². The monoisotopic (exact) mass is 288 g/mol. The molecule has 1 aromatic heterocycles. The Balaban J connectivity index is 1.45. The molecule has 0 aromatic carbocycles. The van der Waals surface area contributed by atoms with Crippen LogP contribution < -0.4 is 10.6 Å². The van der Waals surface area contributed by atoms with Gasteiger partial charge in [-0.2, -0.15) is 5.10 Å². The van der Waals surface area contributed by atoms with Crippen molar-refractivity contribution in [1.29, 1.82) is 0 Å². The number of rotatable bonds is 2. The van der Waals surface area contributed by atoms with Gasteiger partial charge in [-0.3, -0.25) is 5.32 Å². The van der Waals surface area contributed by atoms with Crippen molar-refractivity contribution in [2.45, 2.75) is 44.2 Å². The summed E-state index contributed by atoms with van der Waals surface area (Å²) < 4.78 is 5.93. The fraction of sp³-hybridized carbons (Fsp3) is 0.667. The Morgan fingerprint density at radius 2 is 2.24 bits per heavy atom. The first-order valence-corrected chi connectivity index (χ1v) is 7.76. The van der Waals surface area contributed by atoms with Gasteiger partial charge < -0.3 is 10.1 Å². The normalized spacial score (nSPS) is 32.5. The smallest absolute Gasteiger partial charge is 0.320 e. The Hall–Kier alpha value is -1.69. The van der Waals surface area contributed by atoms with Crippen LogP contribution in [-0.4, -0.2) is 35.0 Å². The second-order valence-corrected chi connectivity index (χ2v) is 6.37. The van der Waals surface area contributed by atoms with Gasteiger partial charge in [-0.1, -0.05) is 12.8 Å². The Kier molecular flexibility index (Phi) is 3.06. The number of fused-ring (bicyclic) bond motifs is 2. The number of hydrogen-bond acceptors (Lipinski definition) is 4. The van der Waals surface area contributed by atoms with E-state index >= 15 is 0 Å². The van der Waals surface area contributed by atoms with Gasteiger partial charge in [-0.25, -0.2) is 4.79 Å². The molecule has 1 aliphatic heterocycles. The van der Waals surface area contributed by atoms with Gasteiger partial charge in [0.15, 0.2) is 5.82 Å². The van der Waals surface area contributed by atoms with Gasteiger partial charge in [0.25, 0.3) is 0 Å². The molecule has 1 saturated heterocycles. The average Bonchev–Trinajstić information content (AvgIpc) is 3.14. The molecule has 6 heteroatoms. The first-order chi connectivity index (χ1) is 10.3.